The molecule has 2 N–H and O–H groups in total. The van der Waals surface area contributed by atoms with Gasteiger partial charge in [0, 0.05) is 12.6 Å². The van der Waals surface area contributed by atoms with Gasteiger partial charge < -0.3 is 14.7 Å². The zero-order chi connectivity index (χ0) is 16.4. The Kier molecular flexibility index (Phi) is 3.45. The first-order chi connectivity index (χ1) is 11.8. The molecule has 3 heterocycles. The van der Waals surface area contributed by atoms with E-state index in [1.807, 2.05) is 36.4 Å². The van der Waals surface area contributed by atoms with E-state index >= 15 is 0 Å². The van der Waals surface area contributed by atoms with Crippen molar-refractivity contribution in [2.75, 3.05) is 12.4 Å². The van der Waals surface area contributed by atoms with Crippen LogP contribution in [-0.4, -0.2) is 27.0 Å². The summed E-state index contributed by atoms with van der Waals surface area (Å²) in [6.45, 7) is 0. The first-order valence-electron chi connectivity index (χ1n) is 7.40. The molecule has 24 heavy (non-hydrogen) atoms. The number of nitrogens with one attached hydrogen (secondary N) is 2. The summed E-state index contributed by atoms with van der Waals surface area (Å²) in [5, 5.41) is 3.05. The van der Waals surface area contributed by atoms with Crippen LogP contribution in [-0.2, 0) is 0 Å². The van der Waals surface area contributed by atoms with Crippen LogP contribution in [0.5, 0.6) is 0 Å². The van der Waals surface area contributed by atoms with E-state index in [1.54, 1.807) is 19.4 Å². The largest absolute Gasteiger partial charge is 0.461 e. The number of anilines is 1. The van der Waals surface area contributed by atoms with Gasteiger partial charge in [-0.3, -0.25) is 0 Å². The van der Waals surface area contributed by atoms with Crippen LogP contribution in [0.4, 0.5) is 5.82 Å². The Balaban J connectivity index is 1.79. The molecule has 0 aliphatic heterocycles. The fourth-order valence-electron chi connectivity index (χ4n) is 2.31. The van der Waals surface area contributed by atoms with Crippen LogP contribution in [0.1, 0.15) is 11.4 Å². The normalized spacial score (nSPS) is 10.4. The first-order valence-corrected chi connectivity index (χ1v) is 7.40. The fraction of sp³-hybridized carbons (Fsp3) is 0.0556. The highest BCUT2D eigenvalue weighted by molar-refractivity contribution is 5.85. The number of fused-ring (bicyclic) bond motifs is 1. The minimum Gasteiger partial charge on any atom is -0.461 e. The zero-order valence-electron chi connectivity index (χ0n) is 12.9. The van der Waals surface area contributed by atoms with Gasteiger partial charge in [0.1, 0.15) is 5.52 Å². The summed E-state index contributed by atoms with van der Waals surface area (Å²) in [5.74, 6) is 8.34. The van der Waals surface area contributed by atoms with Crippen LogP contribution >= 0.6 is 0 Å². The average molecular weight is 315 g/mol. The molecule has 4 rings (SSSR count). The summed E-state index contributed by atoms with van der Waals surface area (Å²) >= 11 is 0. The summed E-state index contributed by atoms with van der Waals surface area (Å²) in [5.41, 5.74) is 2.18. The molecule has 6 nitrogen and oxygen atoms in total. The molecule has 0 saturated heterocycles. The van der Waals surface area contributed by atoms with Crippen molar-refractivity contribution in [1.29, 1.82) is 0 Å². The molecule has 6 heteroatoms. The van der Waals surface area contributed by atoms with Gasteiger partial charge in [-0.25, -0.2) is 15.0 Å². The molecule has 0 saturated carbocycles. The van der Waals surface area contributed by atoms with Gasteiger partial charge in [-0.1, -0.05) is 24.1 Å². The fourth-order valence-corrected chi connectivity index (χ4v) is 2.31. The molecule has 4 aromatic rings. The molecular weight excluding hydrogens is 302 g/mol. The number of rotatable bonds is 2. The summed E-state index contributed by atoms with van der Waals surface area (Å²) in [4.78, 5) is 16.5. The van der Waals surface area contributed by atoms with Crippen molar-refractivity contribution in [3.8, 4) is 23.4 Å². The Morgan fingerprint density at radius 1 is 1.00 bits per heavy atom. The second-order valence-electron chi connectivity index (χ2n) is 5.02. The van der Waals surface area contributed by atoms with E-state index in [4.69, 9.17) is 4.42 Å². The van der Waals surface area contributed by atoms with E-state index < -0.39 is 0 Å². The number of aromatic amines is 1. The van der Waals surface area contributed by atoms with E-state index in [-0.39, 0.29) is 0 Å². The number of aromatic nitrogens is 4. The van der Waals surface area contributed by atoms with Crippen molar-refractivity contribution in [1.82, 2.24) is 19.9 Å². The second kappa shape index (κ2) is 5.89. The monoisotopic (exact) mass is 315 g/mol. The molecule has 0 spiro atoms. The third-order valence-electron chi connectivity index (χ3n) is 3.43. The van der Waals surface area contributed by atoms with Gasteiger partial charge in [0.15, 0.2) is 28.9 Å². The van der Waals surface area contributed by atoms with Crippen LogP contribution < -0.4 is 5.32 Å². The highest BCUT2D eigenvalue weighted by atomic mass is 16.3. The zero-order valence-corrected chi connectivity index (χ0v) is 12.9. The number of hydrogen-bond donors (Lipinski definition) is 2. The third-order valence-corrected chi connectivity index (χ3v) is 3.43. The minimum absolute atomic E-state index is 0.478. The van der Waals surface area contributed by atoms with E-state index in [1.165, 1.54) is 0 Å². The van der Waals surface area contributed by atoms with Gasteiger partial charge in [-0.05, 0) is 30.2 Å². The van der Waals surface area contributed by atoms with Crippen molar-refractivity contribution in [3.05, 3.63) is 60.1 Å². The summed E-state index contributed by atoms with van der Waals surface area (Å²) < 4.78 is 5.36. The van der Waals surface area contributed by atoms with Crippen LogP contribution in [0.2, 0.25) is 0 Å². The number of benzene rings is 1. The highest BCUT2D eigenvalue weighted by Gasteiger charge is 2.13. The molecule has 3 aromatic heterocycles. The molecule has 0 bridgehead atoms. The topological polar surface area (TPSA) is 79.6 Å². The van der Waals surface area contributed by atoms with Crippen LogP contribution in [0, 0.1) is 11.8 Å². The summed E-state index contributed by atoms with van der Waals surface area (Å²) in [7, 11) is 1.80. The predicted molar refractivity (Wildman–Crippen MR) is 91.4 cm³/mol. The van der Waals surface area contributed by atoms with Gasteiger partial charge in [0.2, 0.25) is 0 Å². The van der Waals surface area contributed by atoms with Crippen LogP contribution in [0.15, 0.2) is 53.1 Å². The smallest absolute Gasteiger partial charge is 0.199 e. The lowest BCUT2D eigenvalue weighted by atomic mass is 10.2. The Labute approximate surface area is 138 Å². The van der Waals surface area contributed by atoms with Gasteiger partial charge in [0.25, 0.3) is 0 Å². The van der Waals surface area contributed by atoms with Crippen molar-refractivity contribution in [2.45, 2.75) is 0 Å². The molecule has 116 valence electrons. The lowest BCUT2D eigenvalue weighted by molar-refractivity contribution is 0.577. The highest BCUT2D eigenvalue weighted by Crippen LogP contribution is 2.23. The maximum atomic E-state index is 5.36. The van der Waals surface area contributed by atoms with Gasteiger partial charge in [-0.2, -0.15) is 0 Å². The predicted octanol–water partition coefficient (Wildman–Crippen LogP) is 3.05. The van der Waals surface area contributed by atoms with Crippen molar-refractivity contribution < 1.29 is 4.42 Å². The number of furan rings is 1. The van der Waals surface area contributed by atoms with E-state index in [2.05, 4.69) is 37.1 Å². The molecule has 0 aliphatic carbocycles. The summed E-state index contributed by atoms with van der Waals surface area (Å²) in [6.07, 6.45) is 1.59. The number of hydrogen-bond acceptors (Lipinski definition) is 5. The molecule has 0 fully saturated rings. The quantitative estimate of drug-likeness (QED) is 0.556. The molecule has 0 radical (unpaired) electrons. The van der Waals surface area contributed by atoms with E-state index in [0.717, 1.165) is 5.56 Å². The Morgan fingerprint density at radius 2 is 1.88 bits per heavy atom. The van der Waals surface area contributed by atoms with E-state index in [0.29, 0.717) is 34.4 Å². The first kappa shape index (κ1) is 14.0. The second-order valence-corrected chi connectivity index (χ2v) is 5.02. The van der Waals surface area contributed by atoms with E-state index in [9.17, 15) is 0 Å². The van der Waals surface area contributed by atoms with Crippen molar-refractivity contribution >= 4 is 17.0 Å². The maximum Gasteiger partial charge on any atom is 0.199 e. The lowest BCUT2D eigenvalue weighted by Crippen LogP contribution is -1.97. The SMILES string of the molecule is CNc1nc(-c2ccco2)nc2nc(C#Cc3ccccc3)[nH]c12. The molecule has 0 aliphatic rings. The number of imidazole rings is 1. The minimum atomic E-state index is 0.478. The lowest BCUT2D eigenvalue weighted by Gasteiger charge is -2.02. The summed E-state index contributed by atoms with van der Waals surface area (Å²) in [6, 6.07) is 13.3. The third kappa shape index (κ3) is 2.59. The molecule has 0 atom stereocenters. The Bertz CT molecular complexity index is 1040. The van der Waals surface area contributed by atoms with Gasteiger partial charge in [-0.15, -0.1) is 0 Å². The molecule has 0 unspecified atom stereocenters. The standard InChI is InChI=1S/C18H13N5O/c1-19-17-15-18(23-16(22-17)13-8-5-11-24-13)21-14(20-15)10-9-12-6-3-2-4-7-12/h2-8,11H,1H3,(H2,19,20,21,22,23). The van der Waals surface area contributed by atoms with Crippen LogP contribution in [0.3, 0.4) is 0 Å². The Hall–Kier alpha value is -3.59. The number of nitrogens with zero attached hydrogens (tertiary/aromatic N) is 3. The maximum absolute atomic E-state index is 5.36. The molecule has 0 amide bonds. The molecular formula is C18H13N5O. The van der Waals surface area contributed by atoms with Gasteiger partial charge >= 0.3 is 0 Å². The molecule has 1 aromatic carbocycles. The average Bonchev–Trinajstić information content (AvgIpc) is 3.29. The van der Waals surface area contributed by atoms with Gasteiger partial charge in [0.05, 0.1) is 6.26 Å². The van der Waals surface area contributed by atoms with Crippen molar-refractivity contribution in [2.24, 2.45) is 0 Å². The van der Waals surface area contributed by atoms with Crippen molar-refractivity contribution in [3.63, 3.8) is 0 Å². The number of H-pyrrole nitrogens is 1. The Morgan fingerprint density at radius 3 is 2.62 bits per heavy atom. The van der Waals surface area contributed by atoms with Crippen LogP contribution in [0.25, 0.3) is 22.7 Å².